The van der Waals surface area contributed by atoms with Gasteiger partial charge in [-0.25, -0.2) is 13.2 Å². The van der Waals surface area contributed by atoms with E-state index in [1.807, 2.05) is 0 Å². The molecule has 0 aliphatic heterocycles. The van der Waals surface area contributed by atoms with Gasteiger partial charge < -0.3 is 4.74 Å². The normalized spacial score (nSPS) is 11.7. The average Bonchev–Trinajstić information content (AvgIpc) is 2.52. The van der Waals surface area contributed by atoms with E-state index in [4.69, 9.17) is 4.74 Å². The molecule has 0 atom stereocenters. The van der Waals surface area contributed by atoms with Crippen LogP contribution < -0.4 is 4.74 Å². The number of hydrogen-bond donors (Lipinski definition) is 0. The molecule has 1 nitrogen and oxygen atoms in total. The Hall–Kier alpha value is -2.56. The smallest absolute Gasteiger partial charge is 0.201 e. The Bertz CT molecular complexity index is 916. The van der Waals surface area contributed by atoms with Crippen molar-refractivity contribution in [1.29, 1.82) is 0 Å². The zero-order valence-electron chi connectivity index (χ0n) is 11.5. The molecule has 0 fully saturated rings. The molecule has 0 aliphatic carbocycles. The molecule has 3 aromatic carbocycles. The van der Waals surface area contributed by atoms with E-state index in [9.17, 15) is 17.6 Å². The molecule has 5 heteroatoms. The van der Waals surface area contributed by atoms with Gasteiger partial charge in [0.2, 0.25) is 5.82 Å². The van der Waals surface area contributed by atoms with Crippen molar-refractivity contribution in [3.63, 3.8) is 0 Å². The lowest BCUT2D eigenvalue weighted by molar-refractivity contribution is 0.418. The van der Waals surface area contributed by atoms with Crippen LogP contribution in [0.5, 0.6) is 5.75 Å². The SMILES string of the molecule is C/C=C/Oc1cc2ccc3ccc(F)c(F)c3c2c(F)c1F. The van der Waals surface area contributed by atoms with Crippen LogP contribution in [0.1, 0.15) is 6.92 Å². The first-order chi connectivity index (χ1) is 10.5. The summed E-state index contributed by atoms with van der Waals surface area (Å²) in [7, 11) is 0. The maximum atomic E-state index is 14.4. The number of ether oxygens (including phenoxy) is 1. The number of hydrogen-bond acceptors (Lipinski definition) is 1. The van der Waals surface area contributed by atoms with Gasteiger partial charge in [-0.05, 0) is 29.8 Å². The van der Waals surface area contributed by atoms with E-state index >= 15 is 0 Å². The van der Waals surface area contributed by atoms with Gasteiger partial charge in [0.1, 0.15) is 0 Å². The van der Waals surface area contributed by atoms with Crippen molar-refractivity contribution < 1.29 is 22.3 Å². The van der Waals surface area contributed by atoms with Gasteiger partial charge in [-0.15, -0.1) is 0 Å². The summed E-state index contributed by atoms with van der Waals surface area (Å²) in [5, 5.41) is -0.0893. The lowest BCUT2D eigenvalue weighted by Gasteiger charge is -2.10. The highest BCUT2D eigenvalue weighted by Crippen LogP contribution is 2.35. The highest BCUT2D eigenvalue weighted by molar-refractivity contribution is 6.08. The molecule has 0 amide bonds. The van der Waals surface area contributed by atoms with E-state index < -0.39 is 23.3 Å². The fourth-order valence-electron chi connectivity index (χ4n) is 2.37. The second kappa shape index (κ2) is 5.33. The van der Waals surface area contributed by atoms with Gasteiger partial charge in [-0.1, -0.05) is 24.3 Å². The second-order valence-corrected chi connectivity index (χ2v) is 4.71. The second-order valence-electron chi connectivity index (χ2n) is 4.71. The van der Waals surface area contributed by atoms with Gasteiger partial charge in [0.05, 0.1) is 6.26 Å². The van der Waals surface area contributed by atoms with E-state index in [-0.39, 0.29) is 27.3 Å². The first-order valence-corrected chi connectivity index (χ1v) is 6.51. The number of fused-ring (bicyclic) bond motifs is 3. The zero-order chi connectivity index (χ0) is 15.9. The van der Waals surface area contributed by atoms with Crippen molar-refractivity contribution in [2.24, 2.45) is 0 Å². The molecular formula is C17H10F4O. The van der Waals surface area contributed by atoms with Crippen molar-refractivity contribution in [1.82, 2.24) is 0 Å². The monoisotopic (exact) mass is 306 g/mol. The van der Waals surface area contributed by atoms with E-state index in [0.29, 0.717) is 0 Å². The van der Waals surface area contributed by atoms with Crippen LogP contribution in [0.15, 0.2) is 42.7 Å². The van der Waals surface area contributed by atoms with E-state index in [0.717, 1.165) is 6.07 Å². The highest BCUT2D eigenvalue weighted by Gasteiger charge is 2.19. The summed E-state index contributed by atoms with van der Waals surface area (Å²) in [6.07, 6.45) is 2.71. The minimum absolute atomic E-state index is 0.218. The summed E-state index contributed by atoms with van der Waals surface area (Å²) in [5.41, 5.74) is 0. The number of allylic oxidation sites excluding steroid dienone is 1. The molecule has 0 N–H and O–H groups in total. The standard InChI is InChI=1S/C17H10F4O/c1-2-7-22-12-8-10-4-3-9-5-6-11(18)15(19)13(9)14(10)17(21)16(12)20/h2-8H,1H3/b7-2+. The zero-order valence-corrected chi connectivity index (χ0v) is 11.5. The summed E-state index contributed by atoms with van der Waals surface area (Å²) in [4.78, 5) is 0. The van der Waals surface area contributed by atoms with Gasteiger partial charge >= 0.3 is 0 Å². The van der Waals surface area contributed by atoms with Gasteiger partial charge in [0.25, 0.3) is 0 Å². The third-order valence-electron chi connectivity index (χ3n) is 3.35. The summed E-state index contributed by atoms with van der Waals surface area (Å²) in [5.74, 6) is -5.16. The Balaban J connectivity index is 2.44. The van der Waals surface area contributed by atoms with E-state index in [1.54, 1.807) is 6.92 Å². The number of benzene rings is 3. The molecule has 22 heavy (non-hydrogen) atoms. The fraction of sp³-hybridized carbons (Fsp3) is 0.0588. The molecule has 0 radical (unpaired) electrons. The van der Waals surface area contributed by atoms with Crippen LogP contribution in [0.2, 0.25) is 0 Å². The van der Waals surface area contributed by atoms with Gasteiger partial charge in [0, 0.05) is 10.8 Å². The summed E-state index contributed by atoms with van der Waals surface area (Å²) in [6, 6.07) is 6.52. The summed E-state index contributed by atoms with van der Waals surface area (Å²) >= 11 is 0. The van der Waals surface area contributed by atoms with Gasteiger partial charge in [0.15, 0.2) is 23.2 Å². The molecule has 0 bridgehead atoms. The first kappa shape index (κ1) is 14.4. The minimum atomic E-state index is -1.27. The maximum Gasteiger partial charge on any atom is 0.201 e. The fourth-order valence-corrected chi connectivity index (χ4v) is 2.37. The molecule has 0 spiro atoms. The number of halogens is 4. The van der Waals surface area contributed by atoms with Crippen molar-refractivity contribution in [2.45, 2.75) is 6.92 Å². The molecule has 0 saturated carbocycles. The van der Waals surface area contributed by atoms with Gasteiger partial charge in [-0.2, -0.15) is 4.39 Å². The topological polar surface area (TPSA) is 9.23 Å². The molecule has 112 valence electrons. The van der Waals surface area contributed by atoms with Crippen molar-refractivity contribution in [2.75, 3.05) is 0 Å². The van der Waals surface area contributed by atoms with E-state index in [2.05, 4.69) is 0 Å². The van der Waals surface area contributed by atoms with Gasteiger partial charge in [-0.3, -0.25) is 0 Å². The lowest BCUT2D eigenvalue weighted by atomic mass is 10.0. The largest absolute Gasteiger partial charge is 0.462 e. The minimum Gasteiger partial charge on any atom is -0.462 e. The Morgan fingerprint density at radius 2 is 1.45 bits per heavy atom. The predicted molar refractivity (Wildman–Crippen MR) is 76.7 cm³/mol. The van der Waals surface area contributed by atoms with Crippen LogP contribution in [0.25, 0.3) is 21.5 Å². The Labute approximate surface area is 123 Å². The molecule has 0 unspecified atom stereocenters. The van der Waals surface area contributed by atoms with Crippen molar-refractivity contribution in [3.8, 4) is 5.75 Å². The Kier molecular flexibility index (Phi) is 3.48. The van der Waals surface area contributed by atoms with Crippen LogP contribution in [0.3, 0.4) is 0 Å². The van der Waals surface area contributed by atoms with Crippen LogP contribution in [-0.2, 0) is 0 Å². The van der Waals surface area contributed by atoms with Crippen LogP contribution in [0.4, 0.5) is 17.6 Å². The molecule has 0 aromatic heterocycles. The van der Waals surface area contributed by atoms with Crippen molar-refractivity contribution in [3.05, 3.63) is 65.9 Å². The third kappa shape index (κ3) is 2.09. The summed E-state index contributed by atoms with van der Waals surface area (Å²) in [6.45, 7) is 1.65. The third-order valence-corrected chi connectivity index (χ3v) is 3.35. The van der Waals surface area contributed by atoms with E-state index in [1.165, 1.54) is 36.6 Å². The van der Waals surface area contributed by atoms with Crippen LogP contribution in [-0.4, -0.2) is 0 Å². The number of rotatable bonds is 2. The lowest BCUT2D eigenvalue weighted by Crippen LogP contribution is -1.96. The predicted octanol–water partition coefficient (Wildman–Crippen LogP) is 5.46. The summed E-state index contributed by atoms with van der Waals surface area (Å²) < 4.78 is 60.9. The molecule has 0 heterocycles. The molecule has 0 saturated heterocycles. The average molecular weight is 306 g/mol. The van der Waals surface area contributed by atoms with Crippen LogP contribution in [0, 0.1) is 23.3 Å². The first-order valence-electron chi connectivity index (χ1n) is 6.51. The van der Waals surface area contributed by atoms with Crippen LogP contribution >= 0.6 is 0 Å². The molecule has 3 aromatic rings. The molecule has 3 rings (SSSR count). The van der Waals surface area contributed by atoms with Crippen molar-refractivity contribution >= 4 is 21.5 Å². The Morgan fingerprint density at radius 3 is 2.18 bits per heavy atom. The molecular weight excluding hydrogens is 296 g/mol. The quantitative estimate of drug-likeness (QED) is 0.347. The maximum absolute atomic E-state index is 14.4. The Morgan fingerprint density at radius 1 is 0.818 bits per heavy atom. The highest BCUT2D eigenvalue weighted by atomic mass is 19.2. The molecule has 0 aliphatic rings.